The Morgan fingerprint density at radius 2 is 1.93 bits per heavy atom. The van der Waals surface area contributed by atoms with Crippen LogP contribution in [0.2, 0.25) is 0 Å². The molecule has 0 aromatic heterocycles. The van der Waals surface area contributed by atoms with Crippen molar-refractivity contribution in [3.8, 4) is 5.75 Å². The number of hydrogen-bond acceptors (Lipinski definition) is 4. The van der Waals surface area contributed by atoms with E-state index in [1.807, 2.05) is 13.0 Å². The molecule has 0 aliphatic carbocycles. The average Bonchev–Trinajstić information content (AvgIpc) is 2.63. The fourth-order valence-electron chi connectivity index (χ4n) is 2.07. The molecular formula is C19H19BrFN3O3. The molecule has 142 valence electrons. The van der Waals surface area contributed by atoms with Crippen molar-refractivity contribution in [3.05, 3.63) is 58.3 Å². The molecule has 0 saturated heterocycles. The first-order valence-electron chi connectivity index (χ1n) is 8.10. The zero-order chi connectivity index (χ0) is 19.8. The Kier molecular flexibility index (Phi) is 7.48. The quantitative estimate of drug-likeness (QED) is 0.512. The lowest BCUT2D eigenvalue weighted by molar-refractivity contribution is -0.123. The zero-order valence-electron chi connectivity index (χ0n) is 14.9. The van der Waals surface area contributed by atoms with Gasteiger partial charge in [-0.1, -0.05) is 28.1 Å². The first-order valence-corrected chi connectivity index (χ1v) is 8.90. The van der Waals surface area contributed by atoms with Crippen molar-refractivity contribution in [1.82, 2.24) is 5.43 Å². The van der Waals surface area contributed by atoms with Gasteiger partial charge in [-0.2, -0.15) is 5.10 Å². The Labute approximate surface area is 164 Å². The third-order valence-corrected chi connectivity index (χ3v) is 4.32. The number of hydrazone groups is 1. The van der Waals surface area contributed by atoms with Gasteiger partial charge in [-0.25, -0.2) is 9.82 Å². The van der Waals surface area contributed by atoms with E-state index in [4.69, 9.17) is 4.74 Å². The molecule has 2 aromatic carbocycles. The van der Waals surface area contributed by atoms with Gasteiger partial charge in [0.25, 0.3) is 5.91 Å². The number of halogens is 2. The molecule has 8 heteroatoms. The van der Waals surface area contributed by atoms with Crippen molar-refractivity contribution in [1.29, 1.82) is 0 Å². The number of amides is 2. The van der Waals surface area contributed by atoms with Crippen molar-refractivity contribution in [2.24, 2.45) is 5.10 Å². The second-order valence-electron chi connectivity index (χ2n) is 5.79. The van der Waals surface area contributed by atoms with Crippen LogP contribution in [-0.4, -0.2) is 24.1 Å². The Morgan fingerprint density at radius 3 is 2.63 bits per heavy atom. The van der Waals surface area contributed by atoms with Crippen LogP contribution in [-0.2, 0) is 9.59 Å². The van der Waals surface area contributed by atoms with Crippen molar-refractivity contribution >= 4 is 39.1 Å². The Hall–Kier alpha value is -2.74. The van der Waals surface area contributed by atoms with Crippen molar-refractivity contribution in [2.45, 2.75) is 20.3 Å². The fourth-order valence-corrected chi connectivity index (χ4v) is 2.32. The molecule has 2 rings (SSSR count). The van der Waals surface area contributed by atoms with E-state index in [2.05, 4.69) is 31.8 Å². The topological polar surface area (TPSA) is 79.8 Å². The number of rotatable bonds is 7. The van der Waals surface area contributed by atoms with Crippen LogP contribution in [0.4, 0.5) is 10.1 Å². The number of nitrogens with one attached hydrogen (secondary N) is 2. The lowest BCUT2D eigenvalue weighted by Gasteiger charge is -2.08. The number of anilines is 1. The van der Waals surface area contributed by atoms with Gasteiger partial charge in [-0.05, 0) is 49.7 Å². The highest BCUT2D eigenvalue weighted by Crippen LogP contribution is 2.21. The molecule has 0 spiro atoms. The summed E-state index contributed by atoms with van der Waals surface area (Å²) in [5.41, 5.74) is 3.78. The van der Waals surface area contributed by atoms with Crippen molar-refractivity contribution < 1.29 is 18.7 Å². The highest BCUT2D eigenvalue weighted by atomic mass is 79.9. The number of ether oxygens (including phenoxy) is 1. The lowest BCUT2D eigenvalue weighted by Crippen LogP contribution is -2.26. The van der Waals surface area contributed by atoms with E-state index in [1.54, 1.807) is 25.1 Å². The third kappa shape index (κ3) is 6.82. The van der Waals surface area contributed by atoms with Gasteiger partial charge < -0.3 is 10.1 Å². The largest absolute Gasteiger partial charge is 0.484 e. The van der Waals surface area contributed by atoms with Crippen LogP contribution in [0.1, 0.15) is 18.9 Å². The molecule has 0 aliphatic heterocycles. The number of nitrogens with zero attached hydrogens (tertiary/aromatic N) is 1. The van der Waals surface area contributed by atoms with Crippen LogP contribution in [0, 0.1) is 12.7 Å². The van der Waals surface area contributed by atoms with Gasteiger partial charge in [0, 0.05) is 10.2 Å². The molecule has 2 amide bonds. The van der Waals surface area contributed by atoms with Gasteiger partial charge in [0.05, 0.1) is 12.1 Å². The van der Waals surface area contributed by atoms with E-state index in [9.17, 15) is 14.0 Å². The van der Waals surface area contributed by atoms with E-state index < -0.39 is 17.6 Å². The van der Waals surface area contributed by atoms with E-state index in [1.165, 1.54) is 18.2 Å². The van der Waals surface area contributed by atoms with Gasteiger partial charge in [-0.3, -0.25) is 9.59 Å². The zero-order valence-corrected chi connectivity index (χ0v) is 16.5. The molecule has 27 heavy (non-hydrogen) atoms. The minimum atomic E-state index is -0.519. The Morgan fingerprint density at radius 1 is 1.19 bits per heavy atom. The number of benzene rings is 2. The average molecular weight is 436 g/mol. The van der Waals surface area contributed by atoms with Crippen LogP contribution in [0.5, 0.6) is 5.75 Å². The fraction of sp³-hybridized carbons (Fsp3) is 0.211. The normalized spacial score (nSPS) is 11.0. The van der Waals surface area contributed by atoms with E-state index in [0.29, 0.717) is 11.5 Å². The first-order chi connectivity index (χ1) is 12.8. The summed E-state index contributed by atoms with van der Waals surface area (Å²) in [5, 5.41) is 6.30. The second-order valence-corrected chi connectivity index (χ2v) is 6.64. The van der Waals surface area contributed by atoms with Gasteiger partial charge in [0.2, 0.25) is 5.91 Å². The summed E-state index contributed by atoms with van der Waals surface area (Å²) in [6.45, 7) is 3.29. The van der Waals surface area contributed by atoms with Gasteiger partial charge in [0.1, 0.15) is 11.6 Å². The van der Waals surface area contributed by atoms with Crippen LogP contribution in [0.15, 0.2) is 52.0 Å². The first kappa shape index (κ1) is 20.6. The maximum absolute atomic E-state index is 13.5. The predicted octanol–water partition coefficient (Wildman–Crippen LogP) is 3.80. The van der Waals surface area contributed by atoms with E-state index in [0.717, 1.165) is 10.0 Å². The van der Waals surface area contributed by atoms with Gasteiger partial charge in [0.15, 0.2) is 6.61 Å². The molecule has 0 aliphatic rings. The maximum atomic E-state index is 13.5. The molecule has 0 saturated carbocycles. The van der Waals surface area contributed by atoms with Crippen molar-refractivity contribution in [2.75, 3.05) is 11.9 Å². The monoisotopic (exact) mass is 435 g/mol. The molecule has 0 radical (unpaired) electrons. The molecule has 0 fully saturated rings. The highest BCUT2D eigenvalue weighted by molar-refractivity contribution is 9.10. The second kappa shape index (κ2) is 9.82. The Bertz CT molecular complexity index is 871. The van der Waals surface area contributed by atoms with Crippen LogP contribution >= 0.6 is 15.9 Å². The summed E-state index contributed by atoms with van der Waals surface area (Å²) in [6.07, 6.45) is -0.0820. The minimum absolute atomic E-state index is 0.0820. The molecule has 6 nitrogen and oxygen atoms in total. The predicted molar refractivity (Wildman–Crippen MR) is 105 cm³/mol. The summed E-state index contributed by atoms with van der Waals surface area (Å²) in [6, 6.07) is 11.2. The smallest absolute Gasteiger partial charge is 0.277 e. The number of aryl methyl sites for hydroxylation is 1. The molecule has 0 heterocycles. The lowest BCUT2D eigenvalue weighted by atomic mass is 10.2. The van der Waals surface area contributed by atoms with Crippen LogP contribution in [0.25, 0.3) is 0 Å². The standard InChI is InChI=1S/C19H19BrFN3O3/c1-12-9-14(7-8-15(12)20)27-11-19(26)24-23-13(2)10-18(25)22-17-6-4-3-5-16(17)21/h3-9H,10-11H2,1-2H3,(H,22,25)(H,24,26). The van der Waals surface area contributed by atoms with E-state index in [-0.39, 0.29) is 18.7 Å². The van der Waals surface area contributed by atoms with Crippen LogP contribution in [0.3, 0.4) is 0 Å². The minimum Gasteiger partial charge on any atom is -0.484 e. The number of para-hydroxylation sites is 1. The SMILES string of the molecule is CC(CC(=O)Nc1ccccc1F)=NNC(=O)COc1ccc(Br)c(C)c1. The summed E-state index contributed by atoms with van der Waals surface area (Å²) < 4.78 is 19.8. The molecule has 2 aromatic rings. The Balaban J connectivity index is 1.78. The number of hydrogen-bond donors (Lipinski definition) is 2. The molecular weight excluding hydrogens is 417 g/mol. The molecule has 0 unspecified atom stereocenters. The summed E-state index contributed by atoms with van der Waals surface area (Å²) in [4.78, 5) is 23.7. The third-order valence-electron chi connectivity index (χ3n) is 3.44. The van der Waals surface area contributed by atoms with Gasteiger partial charge in [-0.15, -0.1) is 0 Å². The summed E-state index contributed by atoms with van der Waals surface area (Å²) >= 11 is 3.39. The highest BCUT2D eigenvalue weighted by Gasteiger charge is 2.09. The maximum Gasteiger partial charge on any atom is 0.277 e. The summed E-state index contributed by atoms with van der Waals surface area (Å²) in [7, 11) is 0. The molecule has 2 N–H and O–H groups in total. The molecule has 0 atom stereocenters. The number of carbonyl (C=O) groups is 2. The van der Waals surface area contributed by atoms with Gasteiger partial charge >= 0.3 is 0 Å². The molecule has 0 bridgehead atoms. The van der Waals surface area contributed by atoms with E-state index >= 15 is 0 Å². The van der Waals surface area contributed by atoms with Crippen LogP contribution < -0.4 is 15.5 Å². The number of carbonyl (C=O) groups excluding carboxylic acids is 2. The summed E-state index contributed by atoms with van der Waals surface area (Å²) in [5.74, 6) is -0.841. The van der Waals surface area contributed by atoms with Crippen molar-refractivity contribution in [3.63, 3.8) is 0 Å².